The number of hydrogen-bond donors (Lipinski definition) is 1. The summed E-state index contributed by atoms with van der Waals surface area (Å²) in [6.45, 7) is 7.06. The van der Waals surface area contributed by atoms with E-state index in [0.29, 0.717) is 61.2 Å². The van der Waals surface area contributed by atoms with E-state index in [2.05, 4.69) is 20.8 Å². The second kappa shape index (κ2) is 12.9. The van der Waals surface area contributed by atoms with Crippen molar-refractivity contribution in [3.05, 3.63) is 39.9 Å². The van der Waals surface area contributed by atoms with E-state index in [4.69, 9.17) is 9.47 Å². The number of methoxy groups -OCH3 is 1. The minimum atomic E-state index is -0.404. The summed E-state index contributed by atoms with van der Waals surface area (Å²) < 4.78 is 10.9. The van der Waals surface area contributed by atoms with Crippen LogP contribution in [0.4, 0.5) is 5.69 Å². The summed E-state index contributed by atoms with van der Waals surface area (Å²) in [5, 5.41) is 22.7. The Morgan fingerprint density at radius 3 is 2.47 bits per heavy atom. The van der Waals surface area contributed by atoms with E-state index >= 15 is 0 Å². The monoisotopic (exact) mass is 597 g/mol. The van der Waals surface area contributed by atoms with Gasteiger partial charge >= 0.3 is 11.9 Å². The average Bonchev–Trinajstić information content (AvgIpc) is 3.35. The number of nitro benzene ring substituents is 1. The van der Waals surface area contributed by atoms with Crippen molar-refractivity contribution in [3.8, 4) is 0 Å². The summed E-state index contributed by atoms with van der Waals surface area (Å²) in [5.41, 5.74) is 1.13. The number of aryl methyl sites for hydroxylation is 1. The van der Waals surface area contributed by atoms with Crippen LogP contribution >= 0.6 is 0 Å². The number of carbonyl (C=O) groups excluding carboxylic acids is 2. The van der Waals surface area contributed by atoms with Gasteiger partial charge in [0.1, 0.15) is 6.10 Å². The summed E-state index contributed by atoms with van der Waals surface area (Å²) >= 11 is 0. The largest absolute Gasteiger partial charge is 0.469 e. The quantitative estimate of drug-likeness (QED) is 0.175. The molecule has 1 aromatic rings. The lowest BCUT2D eigenvalue weighted by molar-refractivity contribution is -0.384. The summed E-state index contributed by atoms with van der Waals surface area (Å²) in [6.07, 6.45) is 11.0. The number of benzene rings is 1. The zero-order valence-electron chi connectivity index (χ0n) is 26.5. The van der Waals surface area contributed by atoms with E-state index in [1.807, 2.05) is 0 Å². The van der Waals surface area contributed by atoms with Crippen LogP contribution in [0.2, 0.25) is 0 Å². The molecule has 0 heterocycles. The Kier molecular flexibility index (Phi) is 9.55. The molecule has 4 aliphatic carbocycles. The lowest BCUT2D eigenvalue weighted by Gasteiger charge is -2.62. The van der Waals surface area contributed by atoms with Crippen LogP contribution in [0.5, 0.6) is 0 Å². The van der Waals surface area contributed by atoms with E-state index in [1.54, 1.807) is 12.1 Å². The number of rotatable bonds is 10. The van der Waals surface area contributed by atoms with E-state index in [1.165, 1.54) is 32.1 Å². The van der Waals surface area contributed by atoms with Crippen LogP contribution in [0.25, 0.3) is 0 Å². The third kappa shape index (κ3) is 6.23. The number of esters is 2. The highest BCUT2D eigenvalue weighted by atomic mass is 16.6. The minimum absolute atomic E-state index is 0.0354. The van der Waals surface area contributed by atoms with Crippen LogP contribution in [0.1, 0.15) is 103 Å². The number of ether oxygens (including phenoxy) is 2. The zero-order valence-corrected chi connectivity index (χ0v) is 26.5. The highest BCUT2D eigenvalue weighted by Crippen LogP contribution is 2.68. The molecule has 5 rings (SSSR count). The third-order valence-electron chi connectivity index (χ3n) is 12.8. The first-order valence-electron chi connectivity index (χ1n) is 16.6. The molecule has 1 N–H and O–H groups in total. The Labute approximate surface area is 256 Å². The van der Waals surface area contributed by atoms with Crippen molar-refractivity contribution in [2.24, 2.45) is 46.3 Å². The number of fused-ring (bicyclic) bond motifs is 5. The Balaban J connectivity index is 1.14. The first-order valence-corrected chi connectivity index (χ1v) is 16.6. The van der Waals surface area contributed by atoms with Gasteiger partial charge in [-0.2, -0.15) is 0 Å². The smallest absolute Gasteiger partial charge is 0.306 e. The molecule has 0 unspecified atom stereocenters. The molecular weight excluding hydrogens is 546 g/mol. The third-order valence-corrected chi connectivity index (χ3v) is 12.8. The van der Waals surface area contributed by atoms with Crippen molar-refractivity contribution >= 4 is 17.6 Å². The van der Waals surface area contributed by atoms with Crippen LogP contribution in [0, 0.1) is 56.5 Å². The van der Waals surface area contributed by atoms with Crippen molar-refractivity contribution < 1.29 is 29.1 Å². The fourth-order valence-electron chi connectivity index (χ4n) is 10.4. The first kappa shape index (κ1) is 31.9. The number of hydrogen-bond acceptors (Lipinski definition) is 7. The zero-order chi connectivity index (χ0) is 30.9. The lowest BCUT2D eigenvalue weighted by Crippen LogP contribution is -2.59. The number of aliphatic hydroxyl groups is 1. The van der Waals surface area contributed by atoms with Gasteiger partial charge in [-0.25, -0.2) is 0 Å². The molecule has 0 bridgehead atoms. The molecule has 238 valence electrons. The van der Waals surface area contributed by atoms with Crippen molar-refractivity contribution in [1.82, 2.24) is 0 Å². The SMILES string of the molecule is COC(=O)CC[C@@H](C)[C@H]1CC[C@H]2[C@@H]3CC[C@@H]4C[C@H](OC(=O)CCCc5ccc([N+](=O)[O-])cc5)CC[C@]4(C)[C@H]3C[C@H](O)[C@]12C. The Hall–Kier alpha value is -2.48. The molecule has 0 spiro atoms. The molecule has 4 fully saturated rings. The molecule has 0 amide bonds. The van der Waals surface area contributed by atoms with E-state index in [-0.39, 0.29) is 40.7 Å². The second-order valence-corrected chi connectivity index (χ2v) is 14.7. The normalized spacial score (nSPS) is 37.4. The number of non-ortho nitro benzene ring substituents is 1. The topological polar surface area (TPSA) is 116 Å². The number of nitro groups is 1. The molecule has 0 radical (unpaired) electrons. The number of aliphatic hydroxyl groups excluding tert-OH is 1. The van der Waals surface area contributed by atoms with E-state index in [9.17, 15) is 24.8 Å². The number of nitrogens with zero attached hydrogens (tertiary/aromatic N) is 1. The van der Waals surface area contributed by atoms with E-state index < -0.39 is 4.92 Å². The fraction of sp³-hybridized carbons (Fsp3) is 0.771. The predicted octanol–water partition coefficient (Wildman–Crippen LogP) is 7.05. The summed E-state index contributed by atoms with van der Waals surface area (Å²) in [5.74, 6) is 2.68. The van der Waals surface area contributed by atoms with Gasteiger partial charge in [0, 0.05) is 25.0 Å². The maximum absolute atomic E-state index is 12.7. The van der Waals surface area contributed by atoms with Crippen molar-refractivity contribution in [3.63, 3.8) is 0 Å². The molecule has 0 aliphatic heterocycles. The van der Waals surface area contributed by atoms with Gasteiger partial charge in [0.2, 0.25) is 0 Å². The van der Waals surface area contributed by atoms with Crippen LogP contribution in [0.15, 0.2) is 24.3 Å². The van der Waals surface area contributed by atoms with Gasteiger partial charge in [0.05, 0.1) is 18.1 Å². The van der Waals surface area contributed by atoms with Crippen molar-refractivity contribution in [2.45, 2.75) is 116 Å². The molecule has 43 heavy (non-hydrogen) atoms. The molecule has 4 saturated carbocycles. The van der Waals surface area contributed by atoms with Crippen molar-refractivity contribution in [1.29, 1.82) is 0 Å². The molecule has 8 nitrogen and oxygen atoms in total. The Morgan fingerprint density at radius 2 is 1.77 bits per heavy atom. The Morgan fingerprint density at radius 1 is 1.02 bits per heavy atom. The predicted molar refractivity (Wildman–Crippen MR) is 163 cm³/mol. The second-order valence-electron chi connectivity index (χ2n) is 14.7. The van der Waals surface area contributed by atoms with Gasteiger partial charge in [-0.3, -0.25) is 19.7 Å². The van der Waals surface area contributed by atoms with E-state index in [0.717, 1.165) is 50.5 Å². The lowest BCUT2D eigenvalue weighted by atomic mass is 9.43. The maximum atomic E-state index is 12.7. The fourth-order valence-corrected chi connectivity index (χ4v) is 10.4. The van der Waals surface area contributed by atoms with Gasteiger partial charge in [0.15, 0.2) is 0 Å². The van der Waals surface area contributed by atoms with Crippen LogP contribution in [-0.4, -0.2) is 41.3 Å². The van der Waals surface area contributed by atoms with Crippen LogP contribution < -0.4 is 0 Å². The first-order chi connectivity index (χ1) is 20.5. The van der Waals surface area contributed by atoms with Gasteiger partial charge in [-0.15, -0.1) is 0 Å². The molecular formula is C35H51NO7. The molecule has 0 aromatic heterocycles. The standard InChI is InChI=1S/C35H51NO7/c1-22(8-17-32(38)42-4)28-15-16-29-27-14-11-24-20-26(18-19-34(24,2)30(27)21-31(37)35(28,29)3)43-33(39)7-5-6-23-9-12-25(13-10-23)36(40)41/h9-10,12-13,22,24,26-31,37H,5-8,11,14-21H2,1-4H3/t22-,24-,26-,27+,28-,29+,30+,31+,34+,35-/m1/s1. The van der Waals surface area contributed by atoms with Gasteiger partial charge in [0.25, 0.3) is 5.69 Å². The highest BCUT2D eigenvalue weighted by molar-refractivity contribution is 5.69. The molecule has 10 atom stereocenters. The summed E-state index contributed by atoms with van der Waals surface area (Å²) in [4.78, 5) is 35.0. The van der Waals surface area contributed by atoms with Gasteiger partial charge in [-0.05, 0) is 123 Å². The summed E-state index contributed by atoms with van der Waals surface area (Å²) in [6, 6.07) is 6.52. The van der Waals surface area contributed by atoms with Crippen molar-refractivity contribution in [2.75, 3.05) is 7.11 Å². The maximum Gasteiger partial charge on any atom is 0.306 e. The Bertz CT molecular complexity index is 1170. The summed E-state index contributed by atoms with van der Waals surface area (Å²) in [7, 11) is 1.45. The number of carbonyl (C=O) groups is 2. The average molecular weight is 598 g/mol. The molecule has 0 saturated heterocycles. The van der Waals surface area contributed by atoms with Gasteiger partial charge < -0.3 is 14.6 Å². The van der Waals surface area contributed by atoms with Gasteiger partial charge in [-0.1, -0.05) is 32.9 Å². The molecule has 4 aliphatic rings. The molecule has 8 heteroatoms. The molecule has 1 aromatic carbocycles. The minimum Gasteiger partial charge on any atom is -0.469 e. The van der Waals surface area contributed by atoms with Crippen LogP contribution in [-0.2, 0) is 25.5 Å². The highest BCUT2D eigenvalue weighted by Gasteiger charge is 2.63. The van der Waals surface area contributed by atoms with Crippen LogP contribution in [0.3, 0.4) is 0 Å².